The minimum absolute atomic E-state index is 0.157. The van der Waals surface area contributed by atoms with Crippen LogP contribution in [-0.2, 0) is 10.0 Å². The van der Waals surface area contributed by atoms with Crippen molar-refractivity contribution < 1.29 is 22.7 Å². The van der Waals surface area contributed by atoms with Gasteiger partial charge in [-0.05, 0) is 43.3 Å². The molecule has 0 radical (unpaired) electrons. The van der Waals surface area contributed by atoms with Crippen LogP contribution in [0.15, 0.2) is 53.4 Å². The zero-order valence-electron chi connectivity index (χ0n) is 16.0. The van der Waals surface area contributed by atoms with Gasteiger partial charge < -0.3 is 14.4 Å². The Morgan fingerprint density at radius 3 is 2.25 bits per heavy atom. The van der Waals surface area contributed by atoms with Gasteiger partial charge in [-0.25, -0.2) is 8.42 Å². The van der Waals surface area contributed by atoms with E-state index < -0.39 is 10.0 Å². The van der Waals surface area contributed by atoms with Gasteiger partial charge in [0.1, 0.15) is 11.5 Å². The second kappa shape index (κ2) is 8.62. The highest BCUT2D eigenvalue weighted by Gasteiger charge is 2.31. The minimum atomic E-state index is -3.61. The van der Waals surface area contributed by atoms with Gasteiger partial charge in [0, 0.05) is 26.2 Å². The van der Waals surface area contributed by atoms with E-state index in [1.54, 1.807) is 53.4 Å². The smallest absolute Gasteiger partial charge is 0.257 e. The molecule has 150 valence electrons. The molecule has 0 saturated carbocycles. The van der Waals surface area contributed by atoms with Crippen LogP contribution >= 0.6 is 0 Å². The predicted octanol–water partition coefficient (Wildman–Crippen LogP) is 2.24. The molecule has 2 aromatic rings. The first-order valence-corrected chi connectivity index (χ1v) is 10.6. The highest BCUT2D eigenvalue weighted by atomic mass is 32.2. The number of carbonyl (C=O) groups is 1. The van der Waals surface area contributed by atoms with Gasteiger partial charge in [-0.3, -0.25) is 4.79 Å². The van der Waals surface area contributed by atoms with Crippen molar-refractivity contribution in [2.24, 2.45) is 0 Å². The number of ether oxygens (including phenoxy) is 2. The Balaban J connectivity index is 1.68. The van der Waals surface area contributed by atoms with Crippen molar-refractivity contribution in [3.8, 4) is 11.5 Å². The summed E-state index contributed by atoms with van der Waals surface area (Å²) in [5.41, 5.74) is 0.479. The average Bonchev–Trinajstić information content (AvgIpc) is 2.74. The molecule has 8 heteroatoms. The Morgan fingerprint density at radius 2 is 1.64 bits per heavy atom. The largest absolute Gasteiger partial charge is 0.496 e. The van der Waals surface area contributed by atoms with Crippen LogP contribution in [0.3, 0.4) is 0 Å². The number of para-hydroxylation sites is 1. The van der Waals surface area contributed by atoms with Crippen molar-refractivity contribution in [1.82, 2.24) is 9.21 Å². The van der Waals surface area contributed by atoms with Crippen molar-refractivity contribution in [3.05, 3.63) is 54.1 Å². The van der Waals surface area contributed by atoms with E-state index >= 15 is 0 Å². The van der Waals surface area contributed by atoms with Gasteiger partial charge in [0.25, 0.3) is 5.91 Å². The summed E-state index contributed by atoms with van der Waals surface area (Å²) in [5, 5.41) is 0. The SMILES string of the molecule is CCOc1ccc(S(=O)(=O)N2CCN(C(=O)c3ccccc3OC)CC2)cc1. The summed E-state index contributed by atoms with van der Waals surface area (Å²) in [7, 11) is -2.08. The molecule has 0 bridgehead atoms. The molecule has 3 rings (SSSR count). The molecule has 28 heavy (non-hydrogen) atoms. The Morgan fingerprint density at radius 1 is 1.00 bits per heavy atom. The molecule has 2 aromatic carbocycles. The fourth-order valence-corrected chi connectivity index (χ4v) is 4.57. The third kappa shape index (κ3) is 4.13. The van der Waals surface area contributed by atoms with E-state index in [1.165, 1.54) is 11.4 Å². The Labute approximate surface area is 165 Å². The van der Waals surface area contributed by atoms with Crippen molar-refractivity contribution in [2.45, 2.75) is 11.8 Å². The number of nitrogens with zero attached hydrogens (tertiary/aromatic N) is 2. The summed E-state index contributed by atoms with van der Waals surface area (Å²) < 4.78 is 37.8. The van der Waals surface area contributed by atoms with E-state index in [9.17, 15) is 13.2 Å². The summed E-state index contributed by atoms with van der Waals surface area (Å²) in [6.07, 6.45) is 0. The molecule has 1 aliphatic rings. The van der Waals surface area contributed by atoms with Gasteiger partial charge in [0.05, 0.1) is 24.2 Å². The van der Waals surface area contributed by atoms with Crippen LogP contribution in [0.4, 0.5) is 0 Å². The molecular formula is C20H24N2O5S. The van der Waals surface area contributed by atoms with Gasteiger partial charge in [-0.15, -0.1) is 0 Å². The van der Waals surface area contributed by atoms with Crippen LogP contribution in [0.2, 0.25) is 0 Å². The van der Waals surface area contributed by atoms with Crippen LogP contribution < -0.4 is 9.47 Å². The molecule has 1 amide bonds. The van der Waals surface area contributed by atoms with E-state index in [4.69, 9.17) is 9.47 Å². The van der Waals surface area contributed by atoms with E-state index in [2.05, 4.69) is 0 Å². The summed E-state index contributed by atoms with van der Waals surface area (Å²) >= 11 is 0. The number of sulfonamides is 1. The number of amides is 1. The molecule has 1 heterocycles. The van der Waals surface area contributed by atoms with Crippen molar-refractivity contribution in [1.29, 1.82) is 0 Å². The monoisotopic (exact) mass is 404 g/mol. The summed E-state index contributed by atoms with van der Waals surface area (Å²) in [6, 6.07) is 13.4. The van der Waals surface area contributed by atoms with Gasteiger partial charge >= 0.3 is 0 Å². The lowest BCUT2D eigenvalue weighted by atomic mass is 10.1. The molecule has 0 aromatic heterocycles. The van der Waals surface area contributed by atoms with Crippen LogP contribution in [0.25, 0.3) is 0 Å². The number of methoxy groups -OCH3 is 1. The van der Waals surface area contributed by atoms with Crippen molar-refractivity contribution in [2.75, 3.05) is 39.9 Å². The first kappa shape index (κ1) is 20.2. The van der Waals surface area contributed by atoms with Crippen LogP contribution in [0.1, 0.15) is 17.3 Å². The highest BCUT2D eigenvalue weighted by Crippen LogP contribution is 2.23. The van der Waals surface area contributed by atoms with E-state index in [-0.39, 0.29) is 23.9 Å². The fourth-order valence-electron chi connectivity index (χ4n) is 3.15. The molecule has 0 atom stereocenters. The Bertz CT molecular complexity index is 920. The second-order valence-corrected chi connectivity index (χ2v) is 8.24. The van der Waals surface area contributed by atoms with Crippen LogP contribution in [0, 0.1) is 0 Å². The van der Waals surface area contributed by atoms with Gasteiger partial charge in [-0.2, -0.15) is 4.31 Å². The van der Waals surface area contributed by atoms with Gasteiger partial charge in [-0.1, -0.05) is 12.1 Å². The number of piperazine rings is 1. The number of hydrogen-bond acceptors (Lipinski definition) is 5. The third-order valence-electron chi connectivity index (χ3n) is 4.64. The van der Waals surface area contributed by atoms with E-state index in [1.807, 2.05) is 6.92 Å². The molecule has 1 saturated heterocycles. The topological polar surface area (TPSA) is 76.2 Å². The predicted molar refractivity (Wildman–Crippen MR) is 105 cm³/mol. The molecule has 7 nitrogen and oxygen atoms in total. The molecule has 0 aliphatic carbocycles. The number of carbonyl (C=O) groups excluding carboxylic acids is 1. The highest BCUT2D eigenvalue weighted by molar-refractivity contribution is 7.89. The summed E-state index contributed by atoms with van der Waals surface area (Å²) in [4.78, 5) is 14.6. The third-order valence-corrected chi connectivity index (χ3v) is 6.55. The first-order chi connectivity index (χ1) is 13.5. The van der Waals surface area contributed by atoms with Crippen molar-refractivity contribution in [3.63, 3.8) is 0 Å². The molecule has 1 aliphatic heterocycles. The molecule has 0 N–H and O–H groups in total. The lowest BCUT2D eigenvalue weighted by Gasteiger charge is -2.34. The molecular weight excluding hydrogens is 380 g/mol. The Kier molecular flexibility index (Phi) is 6.21. The van der Waals surface area contributed by atoms with Gasteiger partial charge in [0.15, 0.2) is 0 Å². The molecule has 0 unspecified atom stereocenters. The van der Waals surface area contributed by atoms with Crippen LogP contribution in [-0.4, -0.2) is 63.4 Å². The second-order valence-electron chi connectivity index (χ2n) is 6.30. The lowest BCUT2D eigenvalue weighted by molar-refractivity contribution is 0.0694. The van der Waals surface area contributed by atoms with Gasteiger partial charge in [0.2, 0.25) is 10.0 Å². The average molecular weight is 404 g/mol. The number of benzene rings is 2. The minimum Gasteiger partial charge on any atom is -0.496 e. The van der Waals surface area contributed by atoms with Crippen molar-refractivity contribution >= 4 is 15.9 Å². The summed E-state index contributed by atoms with van der Waals surface area (Å²) in [6.45, 7) is 3.54. The molecule has 0 spiro atoms. The molecule has 1 fully saturated rings. The quantitative estimate of drug-likeness (QED) is 0.738. The maximum Gasteiger partial charge on any atom is 0.257 e. The number of rotatable bonds is 6. The fraction of sp³-hybridized carbons (Fsp3) is 0.350. The number of hydrogen-bond donors (Lipinski definition) is 0. The maximum absolute atomic E-state index is 12.9. The Hall–Kier alpha value is -2.58. The zero-order chi connectivity index (χ0) is 20.1. The first-order valence-electron chi connectivity index (χ1n) is 9.12. The van der Waals surface area contributed by atoms with E-state index in [0.29, 0.717) is 36.8 Å². The zero-order valence-corrected chi connectivity index (χ0v) is 16.8. The normalized spacial score (nSPS) is 15.3. The lowest BCUT2D eigenvalue weighted by Crippen LogP contribution is -2.50. The summed E-state index contributed by atoms with van der Waals surface area (Å²) in [5.74, 6) is 0.987. The van der Waals surface area contributed by atoms with E-state index in [0.717, 1.165) is 0 Å². The standard InChI is InChI=1S/C20H24N2O5S/c1-3-27-16-8-10-17(11-9-16)28(24,25)22-14-12-21(13-15-22)20(23)18-6-4-5-7-19(18)26-2/h4-11H,3,12-15H2,1-2H3. The maximum atomic E-state index is 12.9. The van der Waals surface area contributed by atoms with Crippen LogP contribution in [0.5, 0.6) is 11.5 Å².